The average molecular weight is 850 g/mol. The van der Waals surface area contributed by atoms with Crippen molar-refractivity contribution in [1.82, 2.24) is 29.4 Å². The van der Waals surface area contributed by atoms with Gasteiger partial charge in [0.05, 0.1) is 36.4 Å². The zero-order valence-electron chi connectivity index (χ0n) is 36.0. The molecule has 3 aromatic carbocycles. The fourth-order valence-corrected chi connectivity index (χ4v) is 7.68. The van der Waals surface area contributed by atoms with E-state index in [0.717, 1.165) is 34.6 Å². The van der Waals surface area contributed by atoms with Crippen molar-refractivity contribution in [3.63, 3.8) is 0 Å². The predicted octanol–water partition coefficient (Wildman–Crippen LogP) is 11.5. The third-order valence-electron chi connectivity index (χ3n) is 9.62. The van der Waals surface area contributed by atoms with Crippen molar-refractivity contribution >= 4 is 35.0 Å². The number of halogens is 1. The monoisotopic (exact) mass is 849 g/mol. The molecule has 7 rings (SSSR count). The molecule has 3 heterocycles. The van der Waals surface area contributed by atoms with Crippen LogP contribution in [0.4, 0.5) is 16.0 Å². The molecule has 12 nitrogen and oxygen atoms in total. The summed E-state index contributed by atoms with van der Waals surface area (Å²) in [6.45, 7) is 18.9. The Morgan fingerprint density at radius 3 is 2.46 bits per heavy atom. The Hall–Kier alpha value is -5.99. The maximum Gasteiger partial charge on any atom is 0.337 e. The van der Waals surface area contributed by atoms with Gasteiger partial charge in [0.2, 0.25) is 11.6 Å². The number of methoxy groups -OCH3 is 1. The Kier molecular flexibility index (Phi) is 16.6. The minimum Gasteiger partial charge on any atom is -0.513 e. The van der Waals surface area contributed by atoms with Gasteiger partial charge in [-0.2, -0.15) is 14.6 Å². The second-order valence-electron chi connectivity index (χ2n) is 14.5. The van der Waals surface area contributed by atoms with Crippen LogP contribution >= 0.6 is 11.8 Å². The van der Waals surface area contributed by atoms with Crippen molar-refractivity contribution in [2.75, 3.05) is 19.0 Å². The summed E-state index contributed by atoms with van der Waals surface area (Å²) in [5.41, 5.74) is 5.11. The van der Waals surface area contributed by atoms with Crippen LogP contribution in [0.25, 0.3) is 16.9 Å². The lowest BCUT2D eigenvalue weighted by Gasteiger charge is -2.36. The first-order chi connectivity index (χ1) is 29.4. The molecule has 1 aliphatic rings. The van der Waals surface area contributed by atoms with Crippen molar-refractivity contribution in [2.24, 2.45) is 5.92 Å². The van der Waals surface area contributed by atoms with Crippen LogP contribution < -0.4 is 10.1 Å². The van der Waals surface area contributed by atoms with Gasteiger partial charge in [-0.1, -0.05) is 62.5 Å². The predicted molar refractivity (Wildman–Crippen MR) is 239 cm³/mol. The molecule has 3 aromatic heterocycles. The standard InChI is InChI=1S/C40H42FN7O4S.C5H8O.C2H6/c1-6-51-25(4)47-22-31(21-43-47)36-37(52-24(2)3)38-45-40(46-48(38)23-42-36)44-35-15-14-33(20-34(35)41)53-32-9-7-8-26(19-32)16-27-17-30(18-27)28-10-12-29(13-11-28)39(49)50-5;1-3-4-5(2)6;1-2/h7-15,19-25,27,30H,6,16-18H2,1-5H3,(H,44,46);3,6H,1-2,4H2;1-2H3. The van der Waals surface area contributed by atoms with Gasteiger partial charge in [0.15, 0.2) is 5.75 Å². The van der Waals surface area contributed by atoms with E-state index in [0.29, 0.717) is 47.5 Å². The van der Waals surface area contributed by atoms with E-state index in [1.807, 2.05) is 78.1 Å². The molecule has 322 valence electrons. The highest BCUT2D eigenvalue weighted by molar-refractivity contribution is 7.99. The number of benzene rings is 3. The number of fused-ring (bicyclic) bond motifs is 1. The molecule has 14 heteroatoms. The minimum atomic E-state index is -0.418. The van der Waals surface area contributed by atoms with E-state index in [-0.39, 0.29) is 35.7 Å². The van der Waals surface area contributed by atoms with E-state index in [4.69, 9.17) is 19.3 Å². The van der Waals surface area contributed by atoms with Gasteiger partial charge in [-0.15, -0.1) is 11.7 Å². The summed E-state index contributed by atoms with van der Waals surface area (Å²) in [5, 5.41) is 20.3. The summed E-state index contributed by atoms with van der Waals surface area (Å²) in [6, 6.07) is 21.3. The number of rotatable bonds is 16. The number of carbonyl (C=O) groups excluding carboxylic acids is 1. The molecule has 0 amide bonds. The second kappa shape index (κ2) is 22.0. The number of hydrogen-bond donors (Lipinski definition) is 2. The SMILES string of the molecule is C=CCC(=C)O.CC.CCOC(C)n1cc(-c2ncn3nc(Nc4ccc(Sc5cccc(CC6CC(c7ccc(C(=O)OC)cc7)C6)c5)cc4F)nc3c2OC(C)C)cn1. The van der Waals surface area contributed by atoms with Crippen LogP contribution in [0.15, 0.2) is 120 Å². The van der Waals surface area contributed by atoms with Crippen LogP contribution in [0.1, 0.15) is 94.4 Å². The third-order valence-corrected chi connectivity index (χ3v) is 10.6. The zero-order valence-corrected chi connectivity index (χ0v) is 36.8. The Balaban J connectivity index is 0.000000811. The van der Waals surface area contributed by atoms with Crippen LogP contribution in [0, 0.1) is 11.7 Å². The number of aliphatic hydroxyl groups is 1. The second-order valence-corrected chi connectivity index (χ2v) is 15.6. The first kappa shape index (κ1) is 46.1. The number of nitrogens with zero attached hydrogens (tertiary/aromatic N) is 6. The average Bonchev–Trinajstić information content (AvgIpc) is 3.89. The van der Waals surface area contributed by atoms with E-state index >= 15 is 4.39 Å². The molecule has 0 bridgehead atoms. The number of esters is 1. The van der Waals surface area contributed by atoms with E-state index in [2.05, 4.69) is 62.9 Å². The lowest BCUT2D eigenvalue weighted by atomic mass is 9.69. The number of aliphatic hydroxyl groups excluding tert-OH is 1. The fraction of sp³-hybridized carbons (Fsp3) is 0.340. The van der Waals surface area contributed by atoms with Crippen molar-refractivity contribution < 1.29 is 28.5 Å². The highest BCUT2D eigenvalue weighted by Crippen LogP contribution is 2.44. The Morgan fingerprint density at radius 1 is 1.08 bits per heavy atom. The Bertz CT molecular complexity index is 2390. The van der Waals surface area contributed by atoms with Crippen LogP contribution in [0.2, 0.25) is 0 Å². The molecule has 2 N–H and O–H groups in total. The van der Waals surface area contributed by atoms with Gasteiger partial charge >= 0.3 is 5.97 Å². The zero-order chi connectivity index (χ0) is 44.1. The molecule has 0 aliphatic heterocycles. The maximum absolute atomic E-state index is 15.5. The van der Waals surface area contributed by atoms with E-state index in [1.54, 1.807) is 29.3 Å². The van der Waals surface area contributed by atoms with Gasteiger partial charge in [0.25, 0.3) is 0 Å². The van der Waals surface area contributed by atoms with E-state index < -0.39 is 5.82 Å². The Morgan fingerprint density at radius 2 is 1.82 bits per heavy atom. The molecule has 61 heavy (non-hydrogen) atoms. The molecule has 1 atom stereocenters. The first-order valence-corrected chi connectivity index (χ1v) is 21.3. The molecular formula is C47H56FN7O5S. The number of nitrogens with one attached hydrogen (secondary N) is 1. The van der Waals surface area contributed by atoms with E-state index in [9.17, 15) is 4.79 Å². The number of carbonyl (C=O) groups is 1. The normalized spacial score (nSPS) is 14.8. The smallest absolute Gasteiger partial charge is 0.337 e. The Labute approximate surface area is 361 Å². The summed E-state index contributed by atoms with van der Waals surface area (Å²) in [6.07, 6.45) is 10.0. The van der Waals surface area contributed by atoms with Gasteiger partial charge in [-0.3, -0.25) is 0 Å². The number of anilines is 2. The van der Waals surface area contributed by atoms with Crippen LogP contribution in [-0.2, 0) is 15.9 Å². The third kappa shape index (κ3) is 12.3. The van der Waals surface area contributed by atoms with Crippen molar-refractivity contribution in [3.8, 4) is 17.0 Å². The first-order valence-electron chi connectivity index (χ1n) is 20.5. The molecule has 1 aliphatic carbocycles. The lowest BCUT2D eigenvalue weighted by molar-refractivity contribution is 0.0160. The van der Waals surface area contributed by atoms with Crippen molar-refractivity contribution in [2.45, 2.75) is 95.3 Å². The largest absolute Gasteiger partial charge is 0.513 e. The van der Waals surface area contributed by atoms with E-state index in [1.165, 1.54) is 40.6 Å². The summed E-state index contributed by atoms with van der Waals surface area (Å²) < 4.78 is 35.4. The number of hydrogen-bond acceptors (Lipinski definition) is 11. The summed E-state index contributed by atoms with van der Waals surface area (Å²) in [7, 11) is 1.40. The quantitative estimate of drug-likeness (QED) is 0.0547. The van der Waals surface area contributed by atoms with Crippen LogP contribution in [-0.4, -0.2) is 60.3 Å². The molecule has 1 unspecified atom stereocenters. The number of ether oxygens (including phenoxy) is 3. The van der Waals surface area contributed by atoms with Crippen LogP contribution in [0.5, 0.6) is 5.75 Å². The highest BCUT2D eigenvalue weighted by atomic mass is 32.2. The number of aromatic nitrogens is 6. The number of allylic oxidation sites excluding steroid dienone is 1. The van der Waals surface area contributed by atoms with Gasteiger partial charge in [-0.25, -0.2) is 18.9 Å². The maximum atomic E-state index is 15.5. The summed E-state index contributed by atoms with van der Waals surface area (Å²) in [4.78, 5) is 22.9. The van der Waals surface area contributed by atoms with Gasteiger partial charge in [-0.05, 0) is 112 Å². The summed E-state index contributed by atoms with van der Waals surface area (Å²) in [5.74, 6) is 1.20. The molecule has 6 aromatic rings. The molecule has 1 saturated carbocycles. The lowest BCUT2D eigenvalue weighted by Crippen LogP contribution is -2.23. The van der Waals surface area contributed by atoms with Gasteiger partial charge in [0, 0.05) is 34.6 Å². The van der Waals surface area contributed by atoms with Crippen molar-refractivity contribution in [1.29, 1.82) is 0 Å². The highest BCUT2D eigenvalue weighted by Gasteiger charge is 2.30. The molecule has 1 fully saturated rings. The van der Waals surface area contributed by atoms with Crippen LogP contribution in [0.3, 0.4) is 0 Å². The fourth-order valence-electron chi connectivity index (χ4n) is 6.75. The molecule has 0 radical (unpaired) electrons. The topological polar surface area (TPSA) is 138 Å². The van der Waals surface area contributed by atoms with Crippen molar-refractivity contribution in [3.05, 3.63) is 133 Å². The molecule has 0 saturated heterocycles. The van der Waals surface area contributed by atoms with Gasteiger partial charge < -0.3 is 24.6 Å². The minimum absolute atomic E-state index is 0.161. The summed E-state index contributed by atoms with van der Waals surface area (Å²) >= 11 is 1.52. The van der Waals surface area contributed by atoms with Gasteiger partial charge in [0.1, 0.15) is 24.1 Å². The molecule has 0 spiro atoms. The molecular weight excluding hydrogens is 794 g/mol.